The highest BCUT2D eigenvalue weighted by molar-refractivity contribution is 5.63. The average molecular weight is 381 g/mol. The molecule has 1 heterocycles. The van der Waals surface area contributed by atoms with E-state index in [9.17, 15) is 13.2 Å². The molecular formula is C20H26F3N3O. The summed E-state index contributed by atoms with van der Waals surface area (Å²) in [4.78, 5) is 9.23. The molecule has 0 N–H and O–H groups in total. The van der Waals surface area contributed by atoms with Gasteiger partial charge in [-0.3, -0.25) is 0 Å². The topological polar surface area (TPSA) is 38.2 Å². The summed E-state index contributed by atoms with van der Waals surface area (Å²) < 4.78 is 45.9. The Morgan fingerprint density at radius 1 is 1.19 bits per heavy atom. The molecule has 2 rings (SSSR count). The van der Waals surface area contributed by atoms with Gasteiger partial charge in [0.2, 0.25) is 0 Å². The first-order valence-corrected chi connectivity index (χ1v) is 9.14. The van der Waals surface area contributed by atoms with Crippen LogP contribution in [0.15, 0.2) is 30.5 Å². The fraction of sp³-hybridized carbons (Fsp3) is 0.500. The third kappa shape index (κ3) is 5.58. The van der Waals surface area contributed by atoms with Gasteiger partial charge in [0.15, 0.2) is 5.82 Å². The largest absolute Gasteiger partial charge is 0.463 e. The van der Waals surface area contributed by atoms with Gasteiger partial charge in [-0.1, -0.05) is 45.7 Å². The Hall–Kier alpha value is -2.31. The maximum absolute atomic E-state index is 13.5. The SMILES string of the molecule is CCCCCOc1ncc(C(F)(F)F)c(N(C)c2cccc(C(C)C)c2)n1. The van der Waals surface area contributed by atoms with Crippen molar-refractivity contribution in [3.05, 3.63) is 41.6 Å². The van der Waals surface area contributed by atoms with Crippen molar-refractivity contribution in [1.82, 2.24) is 9.97 Å². The van der Waals surface area contributed by atoms with Gasteiger partial charge in [0, 0.05) is 18.9 Å². The van der Waals surface area contributed by atoms with Crippen LogP contribution in [0.25, 0.3) is 0 Å². The molecule has 1 aromatic heterocycles. The van der Waals surface area contributed by atoms with E-state index in [0.29, 0.717) is 12.3 Å². The molecule has 0 aliphatic carbocycles. The molecule has 0 bridgehead atoms. The van der Waals surface area contributed by atoms with Gasteiger partial charge in [-0.25, -0.2) is 4.98 Å². The number of rotatable bonds is 8. The lowest BCUT2D eigenvalue weighted by Gasteiger charge is -2.23. The molecule has 0 saturated heterocycles. The van der Waals surface area contributed by atoms with E-state index in [-0.39, 0.29) is 17.7 Å². The van der Waals surface area contributed by atoms with Crippen molar-refractivity contribution in [2.75, 3.05) is 18.6 Å². The van der Waals surface area contributed by atoms with Gasteiger partial charge in [0.1, 0.15) is 5.56 Å². The van der Waals surface area contributed by atoms with Crippen molar-refractivity contribution in [3.8, 4) is 6.01 Å². The number of ether oxygens (including phenoxy) is 1. The van der Waals surface area contributed by atoms with Gasteiger partial charge in [-0.2, -0.15) is 18.2 Å². The van der Waals surface area contributed by atoms with E-state index < -0.39 is 11.7 Å². The zero-order valence-electron chi connectivity index (χ0n) is 16.2. The number of hydrogen-bond donors (Lipinski definition) is 0. The van der Waals surface area contributed by atoms with Crippen LogP contribution in [0.2, 0.25) is 0 Å². The number of anilines is 2. The minimum atomic E-state index is -4.56. The number of alkyl halides is 3. The van der Waals surface area contributed by atoms with E-state index in [1.165, 1.54) is 4.90 Å². The standard InChI is InChI=1S/C20H26F3N3O/c1-5-6-7-11-27-19-24-13-17(20(21,22)23)18(25-19)26(4)16-10-8-9-15(12-16)14(2)3/h8-10,12-14H,5-7,11H2,1-4H3. The first-order valence-electron chi connectivity index (χ1n) is 9.14. The zero-order chi connectivity index (χ0) is 20.0. The highest BCUT2D eigenvalue weighted by atomic mass is 19.4. The quantitative estimate of drug-likeness (QED) is 0.529. The molecule has 0 aliphatic heterocycles. The van der Waals surface area contributed by atoms with Gasteiger partial charge in [-0.15, -0.1) is 0 Å². The maximum atomic E-state index is 13.5. The Labute approximate surface area is 158 Å². The summed E-state index contributed by atoms with van der Waals surface area (Å²) in [6, 6.07) is 7.37. The van der Waals surface area contributed by atoms with Gasteiger partial charge in [0.25, 0.3) is 0 Å². The molecular weight excluding hydrogens is 355 g/mol. The van der Waals surface area contributed by atoms with Crippen molar-refractivity contribution in [2.24, 2.45) is 0 Å². The molecule has 0 fully saturated rings. The Bertz CT molecular complexity index is 747. The zero-order valence-corrected chi connectivity index (χ0v) is 16.2. The summed E-state index contributed by atoms with van der Waals surface area (Å²) in [7, 11) is 1.57. The Morgan fingerprint density at radius 3 is 2.56 bits per heavy atom. The average Bonchev–Trinajstić information content (AvgIpc) is 2.63. The number of hydrogen-bond acceptors (Lipinski definition) is 4. The van der Waals surface area contributed by atoms with Crippen LogP contribution in [0, 0.1) is 0 Å². The molecule has 0 saturated carbocycles. The Morgan fingerprint density at radius 2 is 1.93 bits per heavy atom. The van der Waals surface area contributed by atoms with E-state index in [1.54, 1.807) is 13.1 Å². The lowest BCUT2D eigenvalue weighted by atomic mass is 10.0. The van der Waals surface area contributed by atoms with Gasteiger partial charge >= 0.3 is 12.2 Å². The molecule has 2 aromatic rings. The van der Waals surface area contributed by atoms with Crippen LogP contribution in [0.1, 0.15) is 57.1 Å². The lowest BCUT2D eigenvalue weighted by Crippen LogP contribution is -2.19. The summed E-state index contributed by atoms with van der Waals surface area (Å²) >= 11 is 0. The molecule has 0 spiro atoms. The van der Waals surface area contributed by atoms with Crippen molar-refractivity contribution >= 4 is 11.5 Å². The van der Waals surface area contributed by atoms with Crippen LogP contribution in [0.4, 0.5) is 24.7 Å². The number of benzene rings is 1. The first kappa shape index (κ1) is 21.0. The maximum Gasteiger partial charge on any atom is 0.421 e. The highest BCUT2D eigenvalue weighted by Crippen LogP contribution is 2.38. The molecule has 0 atom stereocenters. The summed E-state index contributed by atoms with van der Waals surface area (Å²) in [5, 5.41) is 0. The molecule has 1 aromatic carbocycles. The van der Waals surface area contributed by atoms with Crippen molar-refractivity contribution in [1.29, 1.82) is 0 Å². The van der Waals surface area contributed by atoms with Crippen LogP contribution >= 0.6 is 0 Å². The molecule has 0 amide bonds. The van der Waals surface area contributed by atoms with Gasteiger partial charge in [-0.05, 0) is 30.0 Å². The number of nitrogens with zero attached hydrogens (tertiary/aromatic N) is 3. The number of halogens is 3. The molecule has 4 nitrogen and oxygen atoms in total. The first-order chi connectivity index (χ1) is 12.7. The molecule has 0 aliphatic rings. The predicted octanol–water partition coefficient (Wildman–Crippen LogP) is 5.96. The Balaban J connectivity index is 2.37. The second-order valence-corrected chi connectivity index (χ2v) is 6.75. The monoisotopic (exact) mass is 381 g/mol. The molecule has 27 heavy (non-hydrogen) atoms. The van der Waals surface area contributed by atoms with Crippen molar-refractivity contribution in [2.45, 2.75) is 52.1 Å². The summed E-state index contributed by atoms with van der Waals surface area (Å²) in [5.41, 5.74) is 0.779. The van der Waals surface area contributed by atoms with Crippen LogP contribution in [0.3, 0.4) is 0 Å². The summed E-state index contributed by atoms with van der Waals surface area (Å²) in [6.07, 6.45) is -0.949. The lowest BCUT2D eigenvalue weighted by molar-refractivity contribution is -0.137. The predicted molar refractivity (Wildman–Crippen MR) is 101 cm³/mol. The van der Waals surface area contributed by atoms with Crippen molar-refractivity contribution in [3.63, 3.8) is 0 Å². The van der Waals surface area contributed by atoms with Crippen LogP contribution < -0.4 is 9.64 Å². The van der Waals surface area contributed by atoms with E-state index in [1.807, 2.05) is 32.0 Å². The second-order valence-electron chi connectivity index (χ2n) is 6.75. The van der Waals surface area contributed by atoms with Crippen molar-refractivity contribution < 1.29 is 17.9 Å². The normalized spacial score (nSPS) is 11.7. The molecule has 7 heteroatoms. The van der Waals surface area contributed by atoms with E-state index >= 15 is 0 Å². The third-order valence-electron chi connectivity index (χ3n) is 4.27. The third-order valence-corrected chi connectivity index (χ3v) is 4.27. The van der Waals surface area contributed by atoms with Crippen LogP contribution in [-0.4, -0.2) is 23.6 Å². The van der Waals surface area contributed by atoms with E-state index in [0.717, 1.165) is 31.0 Å². The van der Waals surface area contributed by atoms with E-state index in [2.05, 4.69) is 16.9 Å². The highest BCUT2D eigenvalue weighted by Gasteiger charge is 2.36. The Kier molecular flexibility index (Phi) is 7.05. The summed E-state index contributed by atoms with van der Waals surface area (Å²) in [6.45, 7) is 6.51. The minimum Gasteiger partial charge on any atom is -0.463 e. The van der Waals surface area contributed by atoms with Crippen LogP contribution in [0.5, 0.6) is 6.01 Å². The fourth-order valence-corrected chi connectivity index (χ4v) is 2.61. The van der Waals surface area contributed by atoms with Crippen LogP contribution in [-0.2, 0) is 6.18 Å². The number of aromatic nitrogens is 2. The fourth-order valence-electron chi connectivity index (χ4n) is 2.61. The molecule has 0 radical (unpaired) electrons. The summed E-state index contributed by atoms with van der Waals surface area (Å²) in [5.74, 6) is 0.0483. The minimum absolute atomic E-state index is 0.0408. The second kappa shape index (κ2) is 9.06. The number of unbranched alkanes of at least 4 members (excludes halogenated alkanes) is 2. The van der Waals surface area contributed by atoms with E-state index in [4.69, 9.17) is 4.74 Å². The van der Waals surface area contributed by atoms with Gasteiger partial charge < -0.3 is 9.64 Å². The smallest absolute Gasteiger partial charge is 0.421 e. The van der Waals surface area contributed by atoms with Gasteiger partial charge in [0.05, 0.1) is 6.61 Å². The molecule has 148 valence electrons. The molecule has 0 unspecified atom stereocenters.